The highest BCUT2D eigenvalue weighted by molar-refractivity contribution is 7.99. The molecule has 0 radical (unpaired) electrons. The lowest BCUT2D eigenvalue weighted by atomic mass is 9.98. The quantitative estimate of drug-likeness (QED) is 0.589. The van der Waals surface area contributed by atoms with Gasteiger partial charge < -0.3 is 4.74 Å². The van der Waals surface area contributed by atoms with E-state index in [9.17, 15) is 4.79 Å². The second-order valence-electron chi connectivity index (χ2n) is 5.30. The van der Waals surface area contributed by atoms with E-state index in [1.165, 1.54) is 0 Å². The number of hydrogen-bond donors (Lipinski definition) is 1. The standard InChI is InChI=1S/C14H25N3O2S/c1-6-19-13(18)14(4,16-11(2)3)7-8-20-12-9-15-17(5)10-12/h9-11,16H,6-8H2,1-5H3. The second-order valence-corrected chi connectivity index (χ2v) is 6.47. The van der Waals surface area contributed by atoms with Crippen LogP contribution in [0.1, 0.15) is 34.1 Å². The van der Waals surface area contributed by atoms with Crippen LogP contribution in [0.3, 0.4) is 0 Å². The number of nitrogens with one attached hydrogen (secondary N) is 1. The minimum absolute atomic E-state index is 0.180. The molecule has 1 heterocycles. The van der Waals surface area contributed by atoms with Crippen molar-refractivity contribution in [1.29, 1.82) is 0 Å². The monoisotopic (exact) mass is 299 g/mol. The average molecular weight is 299 g/mol. The Bertz CT molecular complexity index is 434. The third-order valence-electron chi connectivity index (χ3n) is 2.89. The Morgan fingerprint density at radius 2 is 2.30 bits per heavy atom. The molecule has 1 N–H and O–H groups in total. The van der Waals surface area contributed by atoms with Gasteiger partial charge >= 0.3 is 5.97 Å². The van der Waals surface area contributed by atoms with Crippen LogP contribution < -0.4 is 5.32 Å². The van der Waals surface area contributed by atoms with Crippen molar-refractivity contribution in [2.45, 2.75) is 50.6 Å². The fourth-order valence-electron chi connectivity index (χ4n) is 2.01. The maximum atomic E-state index is 12.1. The van der Waals surface area contributed by atoms with Gasteiger partial charge in [-0.1, -0.05) is 0 Å². The van der Waals surface area contributed by atoms with Gasteiger partial charge in [-0.25, -0.2) is 0 Å². The largest absolute Gasteiger partial charge is 0.465 e. The van der Waals surface area contributed by atoms with E-state index in [1.807, 2.05) is 47.1 Å². The van der Waals surface area contributed by atoms with E-state index < -0.39 is 5.54 Å². The highest BCUT2D eigenvalue weighted by Crippen LogP contribution is 2.22. The van der Waals surface area contributed by atoms with Gasteiger partial charge in [0.2, 0.25) is 0 Å². The lowest BCUT2D eigenvalue weighted by Crippen LogP contribution is -2.53. The van der Waals surface area contributed by atoms with Crippen molar-refractivity contribution in [3.8, 4) is 0 Å². The third-order valence-corrected chi connectivity index (χ3v) is 3.84. The summed E-state index contributed by atoms with van der Waals surface area (Å²) in [7, 11) is 1.90. The lowest BCUT2D eigenvalue weighted by Gasteiger charge is -2.30. The first-order valence-electron chi connectivity index (χ1n) is 6.93. The minimum Gasteiger partial charge on any atom is -0.465 e. The summed E-state index contributed by atoms with van der Waals surface area (Å²) in [5.41, 5.74) is -0.639. The molecule has 114 valence electrons. The molecule has 0 aliphatic heterocycles. The third kappa shape index (κ3) is 5.17. The number of esters is 1. The molecule has 5 nitrogen and oxygen atoms in total. The van der Waals surface area contributed by atoms with E-state index >= 15 is 0 Å². The van der Waals surface area contributed by atoms with Gasteiger partial charge in [0.25, 0.3) is 0 Å². The topological polar surface area (TPSA) is 56.1 Å². The van der Waals surface area contributed by atoms with Crippen LogP contribution in [-0.2, 0) is 16.6 Å². The van der Waals surface area contributed by atoms with E-state index in [-0.39, 0.29) is 12.0 Å². The highest BCUT2D eigenvalue weighted by Gasteiger charge is 2.34. The first-order valence-corrected chi connectivity index (χ1v) is 7.92. The van der Waals surface area contributed by atoms with Crippen molar-refractivity contribution >= 4 is 17.7 Å². The highest BCUT2D eigenvalue weighted by atomic mass is 32.2. The lowest BCUT2D eigenvalue weighted by molar-refractivity contribution is -0.150. The zero-order valence-electron chi connectivity index (χ0n) is 13.0. The summed E-state index contributed by atoms with van der Waals surface area (Å²) in [6.07, 6.45) is 4.52. The Morgan fingerprint density at radius 1 is 1.60 bits per heavy atom. The van der Waals surface area contributed by atoms with Gasteiger partial charge in [0.15, 0.2) is 0 Å². The van der Waals surface area contributed by atoms with Crippen molar-refractivity contribution < 1.29 is 9.53 Å². The summed E-state index contributed by atoms with van der Waals surface area (Å²) in [4.78, 5) is 13.3. The Morgan fingerprint density at radius 3 is 2.80 bits per heavy atom. The molecule has 0 spiro atoms. The van der Waals surface area contributed by atoms with E-state index in [2.05, 4.69) is 10.4 Å². The predicted octanol–water partition coefficient (Wildman–Crippen LogP) is 2.22. The van der Waals surface area contributed by atoms with E-state index in [0.29, 0.717) is 13.0 Å². The Balaban J connectivity index is 2.57. The number of nitrogens with zero attached hydrogens (tertiary/aromatic N) is 2. The molecular weight excluding hydrogens is 274 g/mol. The normalized spacial score (nSPS) is 14.3. The molecule has 1 rings (SSSR count). The number of carbonyl (C=O) groups excluding carboxylic acids is 1. The number of aromatic nitrogens is 2. The smallest absolute Gasteiger partial charge is 0.326 e. The maximum absolute atomic E-state index is 12.1. The molecular formula is C14H25N3O2S. The molecule has 0 fully saturated rings. The molecule has 0 aliphatic rings. The summed E-state index contributed by atoms with van der Waals surface area (Å²) in [5.74, 6) is 0.654. The summed E-state index contributed by atoms with van der Waals surface area (Å²) in [6, 6.07) is 0.229. The Labute approximate surface area is 125 Å². The fraction of sp³-hybridized carbons (Fsp3) is 0.714. The molecule has 1 aromatic rings. The SMILES string of the molecule is CCOC(=O)C(C)(CCSc1cnn(C)c1)NC(C)C. The summed E-state index contributed by atoms with van der Waals surface area (Å²) in [6.45, 7) is 8.22. The Kier molecular flexibility index (Phi) is 6.55. The fourth-order valence-corrected chi connectivity index (χ4v) is 3.10. The molecule has 0 saturated carbocycles. The molecule has 0 saturated heterocycles. The van der Waals surface area contributed by atoms with Crippen molar-refractivity contribution in [3.05, 3.63) is 12.4 Å². The van der Waals surface area contributed by atoms with Crippen molar-refractivity contribution in [1.82, 2.24) is 15.1 Å². The van der Waals surface area contributed by atoms with Crippen molar-refractivity contribution in [3.63, 3.8) is 0 Å². The number of hydrogen-bond acceptors (Lipinski definition) is 5. The molecule has 20 heavy (non-hydrogen) atoms. The van der Waals surface area contributed by atoms with Crippen molar-refractivity contribution in [2.24, 2.45) is 7.05 Å². The van der Waals surface area contributed by atoms with Gasteiger partial charge in [0.05, 0.1) is 12.8 Å². The van der Waals surface area contributed by atoms with Crippen molar-refractivity contribution in [2.75, 3.05) is 12.4 Å². The van der Waals surface area contributed by atoms with Gasteiger partial charge in [-0.2, -0.15) is 5.10 Å². The first-order chi connectivity index (χ1) is 9.37. The minimum atomic E-state index is -0.639. The molecule has 0 aliphatic carbocycles. The van der Waals surface area contributed by atoms with Crippen LogP contribution in [0, 0.1) is 0 Å². The average Bonchev–Trinajstić information content (AvgIpc) is 2.74. The van der Waals surface area contributed by atoms with Gasteiger partial charge in [-0.15, -0.1) is 11.8 Å². The van der Waals surface area contributed by atoms with Crippen LogP contribution in [0.25, 0.3) is 0 Å². The molecule has 6 heteroatoms. The second kappa shape index (κ2) is 7.69. The van der Waals surface area contributed by atoms with Crippen LogP contribution in [0.5, 0.6) is 0 Å². The van der Waals surface area contributed by atoms with Crippen LogP contribution in [0.15, 0.2) is 17.3 Å². The van der Waals surface area contributed by atoms with Gasteiger partial charge in [-0.05, 0) is 34.1 Å². The summed E-state index contributed by atoms with van der Waals surface area (Å²) < 4.78 is 6.96. The van der Waals surface area contributed by atoms with Crippen LogP contribution in [-0.4, -0.2) is 39.7 Å². The van der Waals surface area contributed by atoms with E-state index in [4.69, 9.17) is 4.74 Å². The predicted molar refractivity (Wildman–Crippen MR) is 81.9 cm³/mol. The number of aryl methyl sites for hydroxylation is 1. The number of carbonyl (C=O) groups is 1. The zero-order chi connectivity index (χ0) is 15.2. The van der Waals surface area contributed by atoms with Gasteiger partial charge in [0, 0.05) is 29.9 Å². The number of rotatable bonds is 8. The molecule has 1 unspecified atom stereocenters. The molecule has 0 aromatic carbocycles. The Hall–Kier alpha value is -1.01. The summed E-state index contributed by atoms with van der Waals surface area (Å²) >= 11 is 1.70. The maximum Gasteiger partial charge on any atom is 0.326 e. The van der Waals surface area contributed by atoms with Crippen LogP contribution in [0.4, 0.5) is 0 Å². The molecule has 0 bridgehead atoms. The zero-order valence-corrected chi connectivity index (χ0v) is 13.8. The van der Waals surface area contributed by atoms with Gasteiger partial charge in [0.1, 0.15) is 5.54 Å². The number of ether oxygens (including phenoxy) is 1. The summed E-state index contributed by atoms with van der Waals surface area (Å²) in [5, 5.41) is 7.46. The van der Waals surface area contributed by atoms with E-state index in [0.717, 1.165) is 10.6 Å². The number of thioether (sulfide) groups is 1. The molecule has 0 amide bonds. The van der Waals surface area contributed by atoms with E-state index in [1.54, 1.807) is 16.4 Å². The molecule has 1 aromatic heterocycles. The van der Waals surface area contributed by atoms with Crippen LogP contribution >= 0.6 is 11.8 Å². The van der Waals surface area contributed by atoms with Gasteiger partial charge in [-0.3, -0.25) is 14.8 Å². The molecule has 1 atom stereocenters. The van der Waals surface area contributed by atoms with Crippen LogP contribution in [0.2, 0.25) is 0 Å². The first kappa shape index (κ1) is 17.0.